The number of carbonyl (C=O) groups is 2. The van der Waals surface area contributed by atoms with E-state index in [0.29, 0.717) is 22.4 Å². The number of anilines is 1. The zero-order valence-electron chi connectivity index (χ0n) is 18.4. The number of rotatable bonds is 6. The largest absolute Gasteiger partial charge is 0.491 e. The number of hydrogen-bond donors (Lipinski definition) is 3. The lowest BCUT2D eigenvalue weighted by molar-refractivity contribution is -0.189. The molecule has 1 amide bonds. The average molecular weight is 485 g/mol. The molecule has 35 heavy (non-hydrogen) atoms. The van der Waals surface area contributed by atoms with Crippen LogP contribution in [-0.2, 0) is 4.79 Å². The molecule has 182 valence electrons. The average Bonchev–Trinajstić information content (AvgIpc) is 3.31. The van der Waals surface area contributed by atoms with Gasteiger partial charge >= 0.3 is 12.1 Å². The summed E-state index contributed by atoms with van der Waals surface area (Å²) < 4.78 is 49.5. The summed E-state index contributed by atoms with van der Waals surface area (Å²) in [5.74, 6) is -3.46. The molecule has 4 rings (SSSR count). The van der Waals surface area contributed by atoms with Gasteiger partial charge in [-0.3, -0.25) is 10.2 Å². The number of esters is 1. The molecule has 0 aromatic heterocycles. The third-order valence-electron chi connectivity index (χ3n) is 5.65. The molecule has 0 bridgehead atoms. The minimum absolute atomic E-state index is 0.0820. The fraction of sp³-hybridized carbons (Fsp3) is 0.240. The van der Waals surface area contributed by atoms with Crippen LogP contribution in [0.4, 0.5) is 18.9 Å². The van der Waals surface area contributed by atoms with Gasteiger partial charge in [0.25, 0.3) is 5.91 Å². The number of nitrogen functional groups attached to an aromatic ring is 1. The van der Waals surface area contributed by atoms with Crippen molar-refractivity contribution in [2.24, 2.45) is 5.73 Å². The number of hydrogen-bond acceptors (Lipinski definition) is 5. The molecule has 1 fully saturated rings. The second-order valence-corrected chi connectivity index (χ2v) is 8.19. The topological polar surface area (TPSA) is 115 Å². The van der Waals surface area contributed by atoms with Gasteiger partial charge in [-0.25, -0.2) is 4.79 Å². The van der Waals surface area contributed by atoms with Crippen LogP contribution in [0.15, 0.2) is 54.6 Å². The fourth-order valence-electron chi connectivity index (χ4n) is 3.95. The summed E-state index contributed by atoms with van der Waals surface area (Å²) in [6, 6.07) is 13.6. The Labute approximate surface area is 198 Å². The zero-order valence-corrected chi connectivity index (χ0v) is 18.4. The van der Waals surface area contributed by atoms with Crippen molar-refractivity contribution < 1.29 is 32.2 Å². The number of amides is 1. The minimum Gasteiger partial charge on any atom is -0.490 e. The van der Waals surface area contributed by atoms with Gasteiger partial charge < -0.3 is 20.5 Å². The lowest BCUT2D eigenvalue weighted by Crippen LogP contribution is -2.29. The summed E-state index contributed by atoms with van der Waals surface area (Å²) in [6.07, 6.45) is -1.07. The van der Waals surface area contributed by atoms with Crippen LogP contribution in [0.2, 0.25) is 0 Å². The normalized spacial score (nSPS) is 14.0. The van der Waals surface area contributed by atoms with E-state index < -0.39 is 23.8 Å². The number of benzene rings is 3. The first-order valence-corrected chi connectivity index (χ1v) is 10.9. The summed E-state index contributed by atoms with van der Waals surface area (Å²) in [5.41, 5.74) is 5.90. The highest BCUT2D eigenvalue weighted by molar-refractivity contribution is 6.11. The second kappa shape index (κ2) is 9.65. The van der Waals surface area contributed by atoms with Crippen molar-refractivity contribution in [2.45, 2.75) is 38.0 Å². The molecule has 0 radical (unpaired) electrons. The maximum absolute atomic E-state index is 13.1. The molecular weight excluding hydrogens is 463 g/mol. The van der Waals surface area contributed by atoms with Gasteiger partial charge in [-0.2, -0.15) is 13.2 Å². The molecular formula is C25H22F3N3O4. The zero-order chi connectivity index (χ0) is 25.2. The van der Waals surface area contributed by atoms with Crippen LogP contribution in [0.5, 0.6) is 11.5 Å². The molecule has 4 N–H and O–H groups in total. The smallest absolute Gasteiger partial charge is 0.490 e. The molecule has 0 spiro atoms. The van der Waals surface area contributed by atoms with Crippen molar-refractivity contribution >= 4 is 34.2 Å². The lowest BCUT2D eigenvalue weighted by atomic mass is 10.0. The molecule has 3 aromatic rings. The quantitative estimate of drug-likeness (QED) is 0.193. The van der Waals surface area contributed by atoms with Gasteiger partial charge in [0.2, 0.25) is 0 Å². The SMILES string of the molecule is N=C(N)c1ccc2c(OC(=O)C(F)(F)F)c(C(=O)Nc3cccc(OC4CCCC4)c3)ccc2c1. The number of carbonyl (C=O) groups excluding carboxylic acids is 2. The predicted octanol–water partition coefficient (Wildman–Crippen LogP) is 5.17. The number of halogens is 3. The third-order valence-corrected chi connectivity index (χ3v) is 5.65. The first-order chi connectivity index (χ1) is 16.6. The maximum Gasteiger partial charge on any atom is 0.491 e. The second-order valence-electron chi connectivity index (χ2n) is 8.19. The molecule has 0 aliphatic heterocycles. The van der Waals surface area contributed by atoms with Crippen LogP contribution in [0.25, 0.3) is 10.8 Å². The van der Waals surface area contributed by atoms with E-state index in [1.165, 1.54) is 30.3 Å². The van der Waals surface area contributed by atoms with E-state index in [1.54, 1.807) is 24.3 Å². The Bertz CT molecular complexity index is 1300. The third kappa shape index (κ3) is 5.53. The number of nitrogens with one attached hydrogen (secondary N) is 2. The monoisotopic (exact) mass is 485 g/mol. The van der Waals surface area contributed by atoms with Crippen molar-refractivity contribution in [2.75, 3.05) is 5.32 Å². The number of fused-ring (bicyclic) bond motifs is 1. The van der Waals surface area contributed by atoms with Gasteiger partial charge in [-0.1, -0.05) is 18.2 Å². The lowest BCUT2D eigenvalue weighted by Gasteiger charge is -2.16. The van der Waals surface area contributed by atoms with Crippen molar-refractivity contribution in [1.82, 2.24) is 0 Å². The summed E-state index contributed by atoms with van der Waals surface area (Å²) in [4.78, 5) is 24.7. The molecule has 0 heterocycles. The Morgan fingerprint density at radius 3 is 2.46 bits per heavy atom. The Morgan fingerprint density at radius 2 is 1.77 bits per heavy atom. The molecule has 1 aliphatic rings. The predicted molar refractivity (Wildman–Crippen MR) is 124 cm³/mol. The van der Waals surface area contributed by atoms with E-state index in [2.05, 4.69) is 10.1 Å². The van der Waals surface area contributed by atoms with Crippen molar-refractivity contribution in [3.8, 4) is 11.5 Å². The molecule has 0 saturated heterocycles. The number of alkyl halides is 3. The standard InChI is InChI=1S/C25H22F3N3O4/c26-25(27,28)24(33)35-21-19-10-9-15(22(29)30)12-14(19)8-11-20(21)23(32)31-16-4-3-7-18(13-16)34-17-5-1-2-6-17/h3-4,7-13,17H,1-2,5-6H2,(H3,29,30)(H,31,32). The fourth-order valence-corrected chi connectivity index (χ4v) is 3.95. The van der Waals surface area contributed by atoms with Gasteiger partial charge in [-0.05, 0) is 61.4 Å². The maximum atomic E-state index is 13.1. The van der Waals surface area contributed by atoms with E-state index in [9.17, 15) is 22.8 Å². The molecule has 0 atom stereocenters. The molecule has 1 aliphatic carbocycles. The van der Waals surface area contributed by atoms with Gasteiger partial charge in [0.1, 0.15) is 11.6 Å². The van der Waals surface area contributed by atoms with E-state index in [4.69, 9.17) is 15.9 Å². The summed E-state index contributed by atoms with van der Waals surface area (Å²) in [6.45, 7) is 0. The first kappa shape index (κ1) is 24.1. The van der Waals surface area contributed by atoms with E-state index in [-0.39, 0.29) is 22.9 Å². The van der Waals surface area contributed by atoms with Crippen LogP contribution in [0.1, 0.15) is 41.6 Å². The van der Waals surface area contributed by atoms with Crippen LogP contribution >= 0.6 is 0 Å². The Kier molecular flexibility index (Phi) is 6.63. The van der Waals surface area contributed by atoms with Gasteiger partial charge in [0, 0.05) is 22.7 Å². The van der Waals surface area contributed by atoms with Crippen LogP contribution in [-0.4, -0.2) is 30.0 Å². The van der Waals surface area contributed by atoms with E-state index in [1.807, 2.05) is 0 Å². The van der Waals surface area contributed by atoms with Gasteiger partial charge in [-0.15, -0.1) is 0 Å². The van der Waals surface area contributed by atoms with Crippen LogP contribution < -0.4 is 20.5 Å². The molecule has 3 aromatic carbocycles. The van der Waals surface area contributed by atoms with Crippen molar-refractivity contribution in [1.29, 1.82) is 5.41 Å². The van der Waals surface area contributed by atoms with E-state index >= 15 is 0 Å². The van der Waals surface area contributed by atoms with Gasteiger partial charge in [0.15, 0.2) is 5.75 Å². The van der Waals surface area contributed by atoms with Crippen LogP contribution in [0.3, 0.4) is 0 Å². The van der Waals surface area contributed by atoms with Gasteiger partial charge in [0.05, 0.1) is 11.7 Å². The highest BCUT2D eigenvalue weighted by atomic mass is 19.4. The highest BCUT2D eigenvalue weighted by Crippen LogP contribution is 2.34. The Balaban J connectivity index is 1.67. The van der Waals surface area contributed by atoms with E-state index in [0.717, 1.165) is 25.7 Å². The first-order valence-electron chi connectivity index (χ1n) is 10.9. The number of nitrogens with two attached hydrogens (primary N) is 1. The van der Waals surface area contributed by atoms with Crippen molar-refractivity contribution in [3.63, 3.8) is 0 Å². The summed E-state index contributed by atoms with van der Waals surface area (Å²) in [7, 11) is 0. The highest BCUT2D eigenvalue weighted by Gasteiger charge is 2.42. The summed E-state index contributed by atoms with van der Waals surface area (Å²) >= 11 is 0. The Hall–Kier alpha value is -4.08. The molecule has 0 unspecified atom stereocenters. The number of amidine groups is 1. The van der Waals surface area contributed by atoms with Crippen molar-refractivity contribution in [3.05, 3.63) is 65.7 Å². The number of ether oxygens (including phenoxy) is 2. The summed E-state index contributed by atoms with van der Waals surface area (Å²) in [5, 5.41) is 10.6. The minimum atomic E-state index is -5.26. The molecule has 1 saturated carbocycles. The molecule has 10 heteroatoms. The molecule has 7 nitrogen and oxygen atoms in total. The Morgan fingerprint density at radius 1 is 1.03 bits per heavy atom. The van der Waals surface area contributed by atoms with Crippen LogP contribution in [0, 0.1) is 5.41 Å².